The zero-order chi connectivity index (χ0) is 27.1. The van der Waals surface area contributed by atoms with Crippen molar-refractivity contribution in [1.82, 2.24) is 9.80 Å². The smallest absolute Gasteiger partial charge is 0.303 e. The number of carbonyl (C=O) groups is 1. The number of benzene rings is 3. The third kappa shape index (κ3) is 8.03. The van der Waals surface area contributed by atoms with Gasteiger partial charge in [-0.15, -0.1) is 0 Å². The Kier molecular flexibility index (Phi) is 9.77. The van der Waals surface area contributed by atoms with E-state index in [4.69, 9.17) is 9.89 Å². The van der Waals surface area contributed by atoms with E-state index in [1.54, 1.807) is 6.07 Å². The van der Waals surface area contributed by atoms with Gasteiger partial charge in [-0.3, -0.25) is 19.4 Å². The third-order valence-electron chi connectivity index (χ3n) is 7.12. The lowest BCUT2D eigenvalue weighted by Gasteiger charge is -2.38. The van der Waals surface area contributed by atoms with Gasteiger partial charge in [0.05, 0.1) is 0 Å². The average Bonchev–Trinajstić information content (AvgIpc) is 2.88. The number of halogens is 2. The highest BCUT2D eigenvalue weighted by molar-refractivity contribution is 7.85. The predicted octanol–water partition coefficient (Wildman–Crippen LogP) is 5.67. The van der Waals surface area contributed by atoms with Crippen molar-refractivity contribution in [2.24, 2.45) is 0 Å². The number of hydrogen-bond acceptors (Lipinski definition) is 4. The molecular weight excluding hydrogens is 504 g/mol. The van der Waals surface area contributed by atoms with Crippen LogP contribution in [0.3, 0.4) is 0 Å². The molecule has 5 nitrogen and oxygen atoms in total. The summed E-state index contributed by atoms with van der Waals surface area (Å²) in [5.74, 6) is -1.29. The topological polar surface area (TPSA) is 67.6 Å². The van der Waals surface area contributed by atoms with Crippen molar-refractivity contribution in [3.63, 3.8) is 0 Å². The van der Waals surface area contributed by atoms with Crippen LogP contribution in [0.4, 0.5) is 8.78 Å². The van der Waals surface area contributed by atoms with E-state index in [-0.39, 0.29) is 24.1 Å². The van der Waals surface area contributed by atoms with E-state index in [1.807, 2.05) is 36.6 Å². The first-order valence-corrected chi connectivity index (χ1v) is 14.6. The molecule has 0 bridgehead atoms. The van der Waals surface area contributed by atoms with Gasteiger partial charge in [0.2, 0.25) is 0 Å². The summed E-state index contributed by atoms with van der Waals surface area (Å²) in [4.78, 5) is 16.8. The van der Waals surface area contributed by atoms with E-state index in [1.165, 1.54) is 18.2 Å². The first-order chi connectivity index (χ1) is 18.3. The Hall–Kier alpha value is -2.94. The summed E-state index contributed by atoms with van der Waals surface area (Å²) >= 11 is 0. The van der Waals surface area contributed by atoms with Gasteiger partial charge in [-0.1, -0.05) is 41.0 Å². The minimum absolute atomic E-state index is 0.123. The molecule has 1 aliphatic rings. The molecule has 0 radical (unpaired) electrons. The minimum Gasteiger partial charge on any atom is -0.481 e. The van der Waals surface area contributed by atoms with Crippen molar-refractivity contribution in [3.8, 4) is 0 Å². The summed E-state index contributed by atoms with van der Waals surface area (Å²) in [6, 6.07) is 19.8. The molecule has 0 spiro atoms. The monoisotopic (exact) mass is 539 g/mol. The predicted molar refractivity (Wildman–Crippen MR) is 147 cm³/mol. The summed E-state index contributed by atoms with van der Waals surface area (Å²) in [5, 5.41) is 9.16. The zero-order valence-corrected chi connectivity index (χ0v) is 22.5. The van der Waals surface area contributed by atoms with Gasteiger partial charge in [-0.2, -0.15) is 0 Å². The van der Waals surface area contributed by atoms with Crippen molar-refractivity contribution in [1.29, 1.82) is 4.78 Å². The van der Waals surface area contributed by atoms with Gasteiger partial charge in [-0.25, -0.2) is 8.78 Å². The quantitative estimate of drug-likeness (QED) is 0.311. The fourth-order valence-electron chi connectivity index (χ4n) is 5.11. The number of carboxylic acids is 1. The molecule has 4 rings (SSSR count). The molecule has 8 heteroatoms. The molecule has 2 N–H and O–H groups in total. The van der Waals surface area contributed by atoms with Crippen molar-refractivity contribution in [2.75, 3.05) is 25.9 Å². The summed E-state index contributed by atoms with van der Waals surface area (Å²) in [5.41, 5.74) is 4.31. The Morgan fingerprint density at radius 1 is 1.03 bits per heavy atom. The Morgan fingerprint density at radius 3 is 2.53 bits per heavy atom. The van der Waals surface area contributed by atoms with Crippen LogP contribution in [0, 0.1) is 16.4 Å². The van der Waals surface area contributed by atoms with Crippen molar-refractivity contribution < 1.29 is 18.7 Å². The Labute approximate surface area is 226 Å². The van der Waals surface area contributed by atoms with Crippen LogP contribution in [0.25, 0.3) is 0 Å². The number of carboxylic acid groups (broad SMARTS) is 1. The van der Waals surface area contributed by atoms with Crippen molar-refractivity contribution in [2.45, 2.75) is 49.7 Å². The van der Waals surface area contributed by atoms with Crippen LogP contribution in [0.1, 0.15) is 35.1 Å². The molecule has 1 heterocycles. The van der Waals surface area contributed by atoms with E-state index in [0.717, 1.165) is 46.7 Å². The lowest BCUT2D eigenvalue weighted by molar-refractivity contribution is -0.137. The van der Waals surface area contributed by atoms with Crippen LogP contribution in [0.5, 0.6) is 0 Å². The van der Waals surface area contributed by atoms with Crippen LogP contribution in [-0.4, -0.2) is 52.8 Å². The molecule has 0 aromatic heterocycles. The maximum atomic E-state index is 14.0. The summed E-state index contributed by atoms with van der Waals surface area (Å²) in [6.45, 7) is 3.57. The number of rotatable bonds is 12. The zero-order valence-electron chi connectivity index (χ0n) is 21.7. The number of aliphatic carboxylic acids is 1. The maximum Gasteiger partial charge on any atom is 0.303 e. The molecule has 3 aromatic carbocycles. The second kappa shape index (κ2) is 13.2. The van der Waals surface area contributed by atoms with Gasteiger partial charge in [0.1, 0.15) is 11.6 Å². The molecule has 0 aliphatic carbocycles. The maximum absolute atomic E-state index is 14.0. The van der Waals surface area contributed by atoms with E-state index in [0.29, 0.717) is 32.5 Å². The molecule has 1 aliphatic heterocycles. The van der Waals surface area contributed by atoms with E-state index >= 15 is 0 Å². The second-order valence-electron chi connectivity index (χ2n) is 10.0. The molecule has 0 fully saturated rings. The number of hydrogen-bond donors (Lipinski definition) is 2. The highest BCUT2D eigenvalue weighted by atomic mass is 32.2. The van der Waals surface area contributed by atoms with Gasteiger partial charge in [0.15, 0.2) is 0 Å². The van der Waals surface area contributed by atoms with Crippen LogP contribution in [0.15, 0.2) is 71.6 Å². The molecular formula is C30H35F2N3O2S. The number of nitrogens with one attached hydrogen (secondary N) is 1. The minimum atomic E-state index is -0.796. The average molecular weight is 540 g/mol. The molecule has 0 saturated carbocycles. The first kappa shape index (κ1) is 28.1. The summed E-state index contributed by atoms with van der Waals surface area (Å²) in [7, 11) is -0.576. The molecule has 202 valence electrons. The largest absolute Gasteiger partial charge is 0.481 e. The molecule has 0 amide bonds. The molecule has 0 saturated heterocycles. The highest BCUT2D eigenvalue weighted by Gasteiger charge is 2.27. The summed E-state index contributed by atoms with van der Waals surface area (Å²) < 4.78 is 35.5. The van der Waals surface area contributed by atoms with Gasteiger partial charge in [0.25, 0.3) is 0 Å². The van der Waals surface area contributed by atoms with Gasteiger partial charge < -0.3 is 5.11 Å². The Morgan fingerprint density at radius 2 is 1.79 bits per heavy atom. The molecule has 38 heavy (non-hydrogen) atoms. The summed E-state index contributed by atoms with van der Waals surface area (Å²) in [6.07, 6.45) is 4.02. The van der Waals surface area contributed by atoms with E-state index < -0.39 is 16.7 Å². The van der Waals surface area contributed by atoms with Crippen molar-refractivity contribution in [3.05, 3.63) is 101 Å². The lowest BCUT2D eigenvalue weighted by atomic mass is 9.90. The van der Waals surface area contributed by atoms with Crippen LogP contribution < -0.4 is 0 Å². The van der Waals surface area contributed by atoms with Gasteiger partial charge in [-0.05, 0) is 90.7 Å². The molecule has 3 aromatic rings. The highest BCUT2D eigenvalue weighted by Crippen LogP contribution is 2.26. The number of nitrogens with zero attached hydrogens (tertiary/aromatic N) is 2. The fourth-order valence-corrected chi connectivity index (χ4v) is 5.72. The van der Waals surface area contributed by atoms with E-state index in [9.17, 15) is 13.6 Å². The Balaban J connectivity index is 1.50. The van der Waals surface area contributed by atoms with Crippen molar-refractivity contribution >= 4 is 16.7 Å². The molecule has 2 unspecified atom stereocenters. The van der Waals surface area contributed by atoms with E-state index in [2.05, 4.69) is 21.9 Å². The number of fused-ring (bicyclic) bond motifs is 1. The lowest BCUT2D eigenvalue weighted by Crippen LogP contribution is -2.45. The van der Waals surface area contributed by atoms with Crippen LogP contribution in [-0.2, 0) is 41.4 Å². The third-order valence-corrected chi connectivity index (χ3v) is 8.09. The normalized spacial score (nSPS) is 16.4. The van der Waals surface area contributed by atoms with Crippen LogP contribution >= 0.6 is 0 Å². The SMILES string of the molecule is CS(=N)c1cccc(CN(CCCC(=O)O)CCN2Cc3ccc(F)cc3CC2Cc2ccc(F)cc2)c1. The van der Waals surface area contributed by atoms with Gasteiger partial charge >= 0.3 is 5.97 Å². The van der Waals surface area contributed by atoms with Gasteiger partial charge in [0, 0.05) is 43.5 Å². The first-order valence-electron chi connectivity index (χ1n) is 12.9. The second-order valence-corrected chi connectivity index (χ2v) is 11.5. The standard InChI is InChI=1S/C30H35F2N3O2S/c1-38(33)29-5-2-4-23(17-29)20-34(13-3-6-30(36)37)14-15-35-21-24-9-12-27(32)18-25(24)19-28(35)16-22-7-10-26(31)11-8-22/h2,4-5,7-12,17-18,28,33H,3,6,13-16,19-21H2,1H3,(H,36,37). The van der Waals surface area contributed by atoms with Crippen LogP contribution in [0.2, 0.25) is 0 Å². The molecule has 2 atom stereocenters. The fraction of sp³-hybridized carbons (Fsp3) is 0.367. The Bertz CT molecular complexity index is 1270.